The second kappa shape index (κ2) is 7.90. The lowest BCUT2D eigenvalue weighted by molar-refractivity contribution is 0.185. The fraction of sp³-hybridized carbons (Fsp3) is 0.357. The lowest BCUT2D eigenvalue weighted by atomic mass is 9.88. The molecular formula is C28H30N6O. The Bertz CT molecular complexity index is 1320. The van der Waals surface area contributed by atoms with Crippen LogP contribution >= 0.6 is 0 Å². The van der Waals surface area contributed by atoms with Crippen molar-refractivity contribution in [2.24, 2.45) is 0 Å². The van der Waals surface area contributed by atoms with Crippen LogP contribution in [0.5, 0.6) is 11.5 Å². The molecule has 1 saturated carbocycles. The minimum absolute atomic E-state index is 0.378. The normalized spacial score (nSPS) is 22.9. The molecular weight excluding hydrogens is 436 g/mol. The van der Waals surface area contributed by atoms with Crippen molar-refractivity contribution in [3.05, 3.63) is 72.3 Å². The van der Waals surface area contributed by atoms with Gasteiger partial charge in [-0.2, -0.15) is 0 Å². The Hall–Kier alpha value is -3.74. The van der Waals surface area contributed by atoms with E-state index < -0.39 is 0 Å². The number of allylic oxidation sites excluding steroid dienone is 2. The quantitative estimate of drug-likeness (QED) is 0.412. The summed E-state index contributed by atoms with van der Waals surface area (Å²) in [6.07, 6.45) is 8.48. The summed E-state index contributed by atoms with van der Waals surface area (Å²) >= 11 is 0. The maximum Gasteiger partial charge on any atom is 0.178 e. The SMILES string of the molecule is CC1=C(C)N2CN1c1cccc(c1)Oc1cccc(c1)N1CN(c3nccnc31)C1CCCCC12. The molecule has 2 aromatic carbocycles. The maximum atomic E-state index is 6.36. The van der Waals surface area contributed by atoms with Crippen LogP contribution < -0.4 is 19.4 Å². The van der Waals surface area contributed by atoms with Crippen LogP contribution in [0, 0.1) is 0 Å². The van der Waals surface area contributed by atoms with Gasteiger partial charge in [-0.05, 0) is 51.0 Å². The number of hydrogen-bond acceptors (Lipinski definition) is 7. The van der Waals surface area contributed by atoms with Crippen LogP contribution in [0.25, 0.3) is 0 Å². The highest BCUT2D eigenvalue weighted by molar-refractivity contribution is 5.77. The number of fused-ring (bicyclic) bond motifs is 16. The average Bonchev–Trinajstić information content (AvgIpc) is 3.42. The monoisotopic (exact) mass is 466 g/mol. The second-order valence-electron chi connectivity index (χ2n) is 9.97. The highest BCUT2D eigenvalue weighted by Crippen LogP contribution is 2.44. The van der Waals surface area contributed by atoms with E-state index in [0.717, 1.165) is 48.6 Å². The van der Waals surface area contributed by atoms with E-state index in [1.807, 2.05) is 18.3 Å². The Balaban J connectivity index is 1.41. The smallest absolute Gasteiger partial charge is 0.178 e. The van der Waals surface area contributed by atoms with Gasteiger partial charge < -0.3 is 24.3 Å². The van der Waals surface area contributed by atoms with Crippen molar-refractivity contribution in [1.29, 1.82) is 0 Å². The third-order valence-corrected chi connectivity index (χ3v) is 8.12. The molecule has 35 heavy (non-hydrogen) atoms. The van der Waals surface area contributed by atoms with Crippen LogP contribution in [0.15, 0.2) is 72.3 Å². The molecule has 7 heteroatoms. The molecule has 8 bridgehead atoms. The molecule has 7 nitrogen and oxygen atoms in total. The first-order chi connectivity index (χ1) is 17.2. The third kappa shape index (κ3) is 3.25. The highest BCUT2D eigenvalue weighted by Gasteiger charge is 2.43. The van der Waals surface area contributed by atoms with Crippen molar-refractivity contribution in [2.45, 2.75) is 51.6 Å². The number of hydrogen-bond donors (Lipinski definition) is 0. The van der Waals surface area contributed by atoms with Crippen LogP contribution in [0.4, 0.5) is 23.0 Å². The number of rotatable bonds is 0. The van der Waals surface area contributed by atoms with Gasteiger partial charge in [0, 0.05) is 47.3 Å². The van der Waals surface area contributed by atoms with Gasteiger partial charge in [-0.15, -0.1) is 0 Å². The molecule has 2 atom stereocenters. The molecule has 1 fully saturated rings. The van der Waals surface area contributed by atoms with E-state index in [1.54, 1.807) is 6.20 Å². The van der Waals surface area contributed by atoms with Crippen molar-refractivity contribution in [2.75, 3.05) is 28.0 Å². The predicted molar refractivity (Wildman–Crippen MR) is 138 cm³/mol. The molecule has 0 amide bonds. The van der Waals surface area contributed by atoms with E-state index in [-0.39, 0.29) is 0 Å². The topological polar surface area (TPSA) is 48.0 Å². The highest BCUT2D eigenvalue weighted by atomic mass is 16.5. The van der Waals surface area contributed by atoms with Crippen LogP contribution in [0.3, 0.4) is 0 Å². The standard InChI is InChI=1S/C28H30N6O/c1-19-20(2)32-17-31(19)21-7-5-9-23(15-21)35-24-10-6-8-22(16-24)33-18-34(26-12-4-3-11-25(26)32)28-27(33)29-13-14-30-28/h5-10,13-16,25-26H,3-4,11-12,17-18H2,1-2H3. The largest absolute Gasteiger partial charge is 0.457 e. The van der Waals surface area contributed by atoms with Gasteiger partial charge in [-0.1, -0.05) is 25.0 Å². The first-order valence-electron chi connectivity index (χ1n) is 12.6. The van der Waals surface area contributed by atoms with Crippen LogP contribution in [-0.2, 0) is 0 Å². The van der Waals surface area contributed by atoms with Crippen molar-refractivity contribution >= 4 is 23.0 Å². The number of ether oxygens (including phenoxy) is 1. The van der Waals surface area contributed by atoms with E-state index in [9.17, 15) is 0 Å². The summed E-state index contributed by atoms with van der Waals surface area (Å²) < 4.78 is 6.36. The van der Waals surface area contributed by atoms with Gasteiger partial charge in [0.2, 0.25) is 0 Å². The molecule has 0 spiro atoms. The summed E-state index contributed by atoms with van der Waals surface area (Å²) in [5.41, 5.74) is 4.91. The van der Waals surface area contributed by atoms with Gasteiger partial charge >= 0.3 is 0 Å². The molecule has 0 N–H and O–H groups in total. The lowest BCUT2D eigenvalue weighted by Crippen LogP contribution is -2.54. The zero-order valence-corrected chi connectivity index (χ0v) is 20.3. The van der Waals surface area contributed by atoms with Gasteiger partial charge in [0.05, 0.1) is 25.4 Å². The molecule has 1 aromatic heterocycles. The molecule has 2 unspecified atom stereocenters. The van der Waals surface area contributed by atoms with Gasteiger partial charge in [0.25, 0.3) is 0 Å². The van der Waals surface area contributed by atoms with Gasteiger partial charge in [0.1, 0.15) is 11.5 Å². The first-order valence-corrected chi connectivity index (χ1v) is 12.6. The molecule has 3 aromatic rings. The Morgan fingerprint density at radius 3 is 2.03 bits per heavy atom. The number of aromatic nitrogens is 2. The van der Waals surface area contributed by atoms with Crippen LogP contribution in [0.1, 0.15) is 39.5 Å². The van der Waals surface area contributed by atoms with Crippen LogP contribution in [0.2, 0.25) is 0 Å². The number of nitrogens with zero attached hydrogens (tertiary/aromatic N) is 6. The fourth-order valence-electron chi connectivity index (χ4n) is 6.25. The third-order valence-electron chi connectivity index (χ3n) is 8.12. The first kappa shape index (κ1) is 20.6. The summed E-state index contributed by atoms with van der Waals surface area (Å²) in [7, 11) is 0. The second-order valence-corrected chi connectivity index (χ2v) is 9.97. The zero-order chi connectivity index (χ0) is 23.5. The summed E-state index contributed by atoms with van der Waals surface area (Å²) in [6.45, 7) is 6.13. The van der Waals surface area contributed by atoms with E-state index in [1.165, 1.54) is 36.3 Å². The molecule has 0 saturated heterocycles. The Labute approximate surface area is 206 Å². The van der Waals surface area contributed by atoms with Gasteiger partial charge in [-0.3, -0.25) is 0 Å². The molecule has 0 radical (unpaired) electrons. The van der Waals surface area contributed by atoms with Crippen molar-refractivity contribution < 1.29 is 4.74 Å². The summed E-state index contributed by atoms with van der Waals surface area (Å²) in [4.78, 5) is 19.5. The molecule has 1 aliphatic carbocycles. The maximum absolute atomic E-state index is 6.36. The molecule has 4 aliphatic rings. The minimum Gasteiger partial charge on any atom is -0.457 e. The lowest BCUT2D eigenvalue weighted by Gasteiger charge is -2.44. The fourth-order valence-corrected chi connectivity index (χ4v) is 6.25. The van der Waals surface area contributed by atoms with E-state index in [4.69, 9.17) is 14.7 Å². The molecule has 178 valence electrons. The summed E-state index contributed by atoms with van der Waals surface area (Å²) in [5, 5.41) is 0. The zero-order valence-electron chi connectivity index (χ0n) is 20.3. The van der Waals surface area contributed by atoms with Crippen molar-refractivity contribution in [1.82, 2.24) is 14.9 Å². The van der Waals surface area contributed by atoms with Crippen molar-refractivity contribution in [3.8, 4) is 11.5 Å². The van der Waals surface area contributed by atoms with E-state index in [2.05, 4.69) is 69.8 Å². The molecule has 3 aliphatic heterocycles. The number of benzene rings is 2. The van der Waals surface area contributed by atoms with Crippen LogP contribution in [-0.4, -0.2) is 40.3 Å². The number of anilines is 4. The van der Waals surface area contributed by atoms with Gasteiger partial charge in [-0.25, -0.2) is 9.97 Å². The Morgan fingerprint density at radius 2 is 1.31 bits per heavy atom. The summed E-state index contributed by atoms with van der Waals surface area (Å²) in [6, 6.07) is 17.6. The van der Waals surface area contributed by atoms with E-state index in [0.29, 0.717) is 12.1 Å². The predicted octanol–water partition coefficient (Wildman–Crippen LogP) is 5.84. The van der Waals surface area contributed by atoms with Crippen molar-refractivity contribution in [3.63, 3.8) is 0 Å². The molecule has 7 rings (SSSR count). The average molecular weight is 467 g/mol. The summed E-state index contributed by atoms with van der Waals surface area (Å²) in [5.74, 6) is 3.58. The van der Waals surface area contributed by atoms with Gasteiger partial charge in [0.15, 0.2) is 11.6 Å². The Kier molecular flexibility index (Phi) is 4.65. The van der Waals surface area contributed by atoms with E-state index >= 15 is 0 Å². The molecule has 4 heterocycles. The Morgan fingerprint density at radius 1 is 0.714 bits per heavy atom. The minimum atomic E-state index is 0.378.